The molecule has 0 unspecified atom stereocenters. The average molecular weight is 338 g/mol. The second-order valence-electron chi connectivity index (χ2n) is 5.99. The van der Waals surface area contributed by atoms with Gasteiger partial charge in [-0.05, 0) is 24.3 Å². The van der Waals surface area contributed by atoms with E-state index in [9.17, 15) is 4.79 Å². The van der Waals surface area contributed by atoms with Crippen LogP contribution in [-0.4, -0.2) is 38.9 Å². The Morgan fingerprint density at radius 1 is 1.12 bits per heavy atom. The number of hydrogen-bond donors (Lipinski definition) is 0. The quantitative estimate of drug-likeness (QED) is 0.734. The molecule has 6 heteroatoms. The summed E-state index contributed by atoms with van der Waals surface area (Å²) in [5.74, 6) is 0.137. The van der Waals surface area contributed by atoms with E-state index in [1.165, 1.54) is 0 Å². The van der Waals surface area contributed by atoms with Crippen LogP contribution in [0.15, 0.2) is 53.4 Å². The third kappa shape index (κ3) is 2.97. The predicted molar refractivity (Wildman–Crippen MR) is 94.0 cm³/mol. The zero-order valence-electron chi connectivity index (χ0n) is 13.2. The van der Waals surface area contributed by atoms with Crippen molar-refractivity contribution in [3.05, 3.63) is 58.9 Å². The van der Waals surface area contributed by atoms with E-state index in [2.05, 4.69) is 10.3 Å². The smallest absolute Gasteiger partial charge is 0.254 e. The first-order chi connectivity index (χ1) is 11.8. The summed E-state index contributed by atoms with van der Waals surface area (Å²) in [6, 6.07) is 12.3. The van der Waals surface area contributed by atoms with Crippen LogP contribution < -0.4 is 0 Å². The number of thiophene rings is 1. The van der Waals surface area contributed by atoms with Crippen molar-refractivity contribution in [3.63, 3.8) is 0 Å². The van der Waals surface area contributed by atoms with Crippen LogP contribution in [0.3, 0.4) is 0 Å². The number of rotatable bonds is 3. The number of aromatic nitrogens is 3. The van der Waals surface area contributed by atoms with Crippen molar-refractivity contribution < 1.29 is 4.79 Å². The SMILES string of the molecule is O=C(c1ccsc1)N1CCC(n2cc(-c3ccccc3)nn2)CC1. The van der Waals surface area contributed by atoms with Crippen LogP contribution in [-0.2, 0) is 0 Å². The van der Waals surface area contributed by atoms with Crippen LogP contribution in [0.2, 0.25) is 0 Å². The number of benzene rings is 1. The van der Waals surface area contributed by atoms with Gasteiger partial charge in [0.25, 0.3) is 5.91 Å². The van der Waals surface area contributed by atoms with Crippen molar-refractivity contribution in [1.82, 2.24) is 19.9 Å². The second-order valence-corrected chi connectivity index (χ2v) is 6.77. The van der Waals surface area contributed by atoms with Gasteiger partial charge in [-0.2, -0.15) is 11.3 Å². The zero-order valence-corrected chi connectivity index (χ0v) is 14.0. The summed E-state index contributed by atoms with van der Waals surface area (Å²) in [7, 11) is 0. The number of likely N-dealkylation sites (tertiary alicyclic amines) is 1. The molecule has 3 heterocycles. The minimum Gasteiger partial charge on any atom is -0.338 e. The fourth-order valence-electron chi connectivity index (χ4n) is 3.10. The highest BCUT2D eigenvalue weighted by molar-refractivity contribution is 7.08. The van der Waals surface area contributed by atoms with E-state index in [1.54, 1.807) is 11.3 Å². The highest BCUT2D eigenvalue weighted by atomic mass is 32.1. The number of carbonyl (C=O) groups excluding carboxylic acids is 1. The Labute approximate surface area is 144 Å². The second kappa shape index (κ2) is 6.57. The molecule has 1 saturated heterocycles. The maximum Gasteiger partial charge on any atom is 0.254 e. The molecule has 1 amide bonds. The molecule has 0 radical (unpaired) electrons. The van der Waals surface area contributed by atoms with E-state index in [4.69, 9.17) is 0 Å². The molecule has 5 nitrogen and oxygen atoms in total. The first-order valence-corrected chi connectivity index (χ1v) is 9.04. The summed E-state index contributed by atoms with van der Waals surface area (Å²) in [6.45, 7) is 1.53. The van der Waals surface area contributed by atoms with Gasteiger partial charge in [-0.3, -0.25) is 4.79 Å². The van der Waals surface area contributed by atoms with Gasteiger partial charge in [-0.25, -0.2) is 4.68 Å². The molecule has 0 aliphatic carbocycles. The Hall–Kier alpha value is -2.47. The van der Waals surface area contributed by atoms with E-state index in [-0.39, 0.29) is 5.91 Å². The molecule has 0 saturated carbocycles. The molecule has 1 aliphatic rings. The molecule has 0 N–H and O–H groups in total. The largest absolute Gasteiger partial charge is 0.338 e. The molecule has 0 bridgehead atoms. The van der Waals surface area contributed by atoms with E-state index < -0.39 is 0 Å². The zero-order chi connectivity index (χ0) is 16.4. The van der Waals surface area contributed by atoms with Crippen molar-refractivity contribution in [1.29, 1.82) is 0 Å². The lowest BCUT2D eigenvalue weighted by molar-refractivity contribution is 0.0690. The fourth-order valence-corrected chi connectivity index (χ4v) is 3.73. The van der Waals surface area contributed by atoms with E-state index in [0.29, 0.717) is 6.04 Å². The number of nitrogens with zero attached hydrogens (tertiary/aromatic N) is 4. The number of piperidine rings is 1. The molecule has 3 aromatic rings. The lowest BCUT2D eigenvalue weighted by Crippen LogP contribution is -2.39. The third-order valence-electron chi connectivity index (χ3n) is 4.47. The van der Waals surface area contributed by atoms with Gasteiger partial charge in [0.15, 0.2) is 0 Å². The van der Waals surface area contributed by atoms with E-state index in [1.807, 2.05) is 62.9 Å². The summed E-state index contributed by atoms with van der Waals surface area (Å²) in [6.07, 6.45) is 3.83. The normalized spacial score (nSPS) is 15.6. The molecule has 1 fully saturated rings. The average Bonchev–Trinajstić information content (AvgIpc) is 3.34. The molecular formula is C18H18N4OS. The number of carbonyl (C=O) groups is 1. The summed E-state index contributed by atoms with van der Waals surface area (Å²) < 4.78 is 1.95. The van der Waals surface area contributed by atoms with Gasteiger partial charge in [0, 0.05) is 24.0 Å². The van der Waals surface area contributed by atoms with Gasteiger partial charge in [0.2, 0.25) is 0 Å². The van der Waals surface area contributed by atoms with Crippen LogP contribution in [0, 0.1) is 0 Å². The first kappa shape index (κ1) is 15.1. The molecule has 1 aromatic carbocycles. The van der Waals surface area contributed by atoms with Crippen molar-refractivity contribution in [2.45, 2.75) is 18.9 Å². The van der Waals surface area contributed by atoms with Gasteiger partial charge in [0.05, 0.1) is 17.8 Å². The van der Waals surface area contributed by atoms with Crippen LogP contribution in [0.1, 0.15) is 29.2 Å². The molecule has 122 valence electrons. The maximum absolute atomic E-state index is 12.4. The Balaban J connectivity index is 1.41. The van der Waals surface area contributed by atoms with Gasteiger partial charge in [-0.15, -0.1) is 5.10 Å². The monoisotopic (exact) mass is 338 g/mol. The third-order valence-corrected chi connectivity index (χ3v) is 5.16. The van der Waals surface area contributed by atoms with Gasteiger partial charge >= 0.3 is 0 Å². The first-order valence-electron chi connectivity index (χ1n) is 8.10. The van der Waals surface area contributed by atoms with Crippen molar-refractivity contribution in [2.24, 2.45) is 0 Å². The summed E-state index contributed by atoms with van der Waals surface area (Å²) in [5.41, 5.74) is 2.77. The van der Waals surface area contributed by atoms with Crippen molar-refractivity contribution >= 4 is 17.2 Å². The lowest BCUT2D eigenvalue weighted by Gasteiger charge is -2.31. The fraction of sp³-hybridized carbons (Fsp3) is 0.278. The topological polar surface area (TPSA) is 51.0 Å². The highest BCUT2D eigenvalue weighted by Gasteiger charge is 2.25. The predicted octanol–water partition coefficient (Wildman–Crippen LogP) is 3.48. The minimum absolute atomic E-state index is 0.137. The molecule has 0 spiro atoms. The van der Waals surface area contributed by atoms with Crippen molar-refractivity contribution in [2.75, 3.05) is 13.1 Å². The van der Waals surface area contributed by atoms with Crippen LogP contribution in [0.4, 0.5) is 0 Å². The van der Waals surface area contributed by atoms with Gasteiger partial charge < -0.3 is 4.90 Å². The molecule has 1 aliphatic heterocycles. The molecule has 2 aromatic heterocycles. The van der Waals surface area contributed by atoms with Crippen LogP contribution in [0.5, 0.6) is 0 Å². The highest BCUT2D eigenvalue weighted by Crippen LogP contribution is 2.25. The summed E-state index contributed by atoms with van der Waals surface area (Å²) in [5, 5.41) is 12.5. The molecule has 24 heavy (non-hydrogen) atoms. The Bertz CT molecular complexity index is 805. The Morgan fingerprint density at radius 3 is 2.62 bits per heavy atom. The number of hydrogen-bond acceptors (Lipinski definition) is 4. The van der Waals surface area contributed by atoms with Crippen molar-refractivity contribution in [3.8, 4) is 11.3 Å². The lowest BCUT2D eigenvalue weighted by atomic mass is 10.0. The summed E-state index contributed by atoms with van der Waals surface area (Å²) >= 11 is 1.56. The molecule has 4 rings (SSSR count). The van der Waals surface area contributed by atoms with Gasteiger partial charge in [0.1, 0.15) is 5.69 Å². The molecular weight excluding hydrogens is 320 g/mol. The Kier molecular flexibility index (Phi) is 4.13. The maximum atomic E-state index is 12.4. The van der Waals surface area contributed by atoms with Gasteiger partial charge in [-0.1, -0.05) is 35.5 Å². The van der Waals surface area contributed by atoms with Crippen LogP contribution >= 0.6 is 11.3 Å². The van der Waals surface area contributed by atoms with E-state index in [0.717, 1.165) is 42.8 Å². The van der Waals surface area contributed by atoms with Crippen LogP contribution in [0.25, 0.3) is 11.3 Å². The standard InChI is InChI=1S/C18H18N4OS/c23-18(15-8-11-24-13-15)21-9-6-16(7-10-21)22-12-17(19-20-22)14-4-2-1-3-5-14/h1-5,8,11-13,16H,6-7,9-10H2. The minimum atomic E-state index is 0.137. The molecule has 0 atom stereocenters. The summed E-state index contributed by atoms with van der Waals surface area (Å²) in [4.78, 5) is 14.3. The Morgan fingerprint density at radius 2 is 1.92 bits per heavy atom. The van der Waals surface area contributed by atoms with E-state index >= 15 is 0 Å². The number of amides is 1.